The SMILES string of the molecule is O=C1CCCN(c2ccc(Br)cc2)C1. The second kappa shape index (κ2) is 4.13. The quantitative estimate of drug-likeness (QED) is 0.767. The molecule has 1 aromatic rings. The summed E-state index contributed by atoms with van der Waals surface area (Å²) in [4.78, 5) is 13.4. The molecule has 2 rings (SSSR count). The molecule has 1 aliphatic heterocycles. The summed E-state index contributed by atoms with van der Waals surface area (Å²) in [7, 11) is 0. The zero-order valence-electron chi connectivity index (χ0n) is 7.87. The van der Waals surface area contributed by atoms with Crippen molar-refractivity contribution in [1.29, 1.82) is 0 Å². The van der Waals surface area contributed by atoms with E-state index in [9.17, 15) is 4.79 Å². The number of Topliss-reactive ketones (excluding diaryl/α,β-unsaturated/α-hetero) is 1. The van der Waals surface area contributed by atoms with Crippen molar-refractivity contribution in [3.05, 3.63) is 28.7 Å². The molecule has 0 amide bonds. The van der Waals surface area contributed by atoms with Crippen molar-refractivity contribution in [1.82, 2.24) is 0 Å². The molecule has 0 spiro atoms. The van der Waals surface area contributed by atoms with E-state index in [1.165, 1.54) is 0 Å². The molecule has 1 aliphatic rings. The lowest BCUT2D eigenvalue weighted by atomic mass is 10.1. The van der Waals surface area contributed by atoms with Crippen molar-refractivity contribution in [3.8, 4) is 0 Å². The van der Waals surface area contributed by atoms with E-state index in [1.807, 2.05) is 24.3 Å². The average molecular weight is 254 g/mol. The fourth-order valence-corrected chi connectivity index (χ4v) is 1.97. The minimum Gasteiger partial charge on any atom is -0.364 e. The van der Waals surface area contributed by atoms with Crippen LogP contribution < -0.4 is 4.90 Å². The summed E-state index contributed by atoms with van der Waals surface area (Å²) in [6.07, 6.45) is 1.72. The largest absolute Gasteiger partial charge is 0.364 e. The van der Waals surface area contributed by atoms with Crippen LogP contribution in [0, 0.1) is 0 Å². The molecule has 0 N–H and O–H groups in total. The van der Waals surface area contributed by atoms with Gasteiger partial charge in [-0.15, -0.1) is 0 Å². The van der Waals surface area contributed by atoms with E-state index in [0.29, 0.717) is 12.3 Å². The molecule has 0 atom stereocenters. The van der Waals surface area contributed by atoms with Gasteiger partial charge < -0.3 is 4.90 Å². The molecule has 0 saturated carbocycles. The summed E-state index contributed by atoms with van der Waals surface area (Å²) in [6.45, 7) is 1.56. The number of rotatable bonds is 1. The van der Waals surface area contributed by atoms with Gasteiger partial charge in [0.25, 0.3) is 0 Å². The predicted molar refractivity (Wildman–Crippen MR) is 60.6 cm³/mol. The number of piperidine rings is 1. The summed E-state index contributed by atoms with van der Waals surface area (Å²) >= 11 is 3.40. The van der Waals surface area contributed by atoms with Crippen LogP contribution in [0.1, 0.15) is 12.8 Å². The van der Waals surface area contributed by atoms with Crippen molar-refractivity contribution in [2.24, 2.45) is 0 Å². The highest BCUT2D eigenvalue weighted by atomic mass is 79.9. The smallest absolute Gasteiger partial charge is 0.152 e. The first kappa shape index (κ1) is 9.71. The third kappa shape index (κ3) is 2.15. The third-order valence-electron chi connectivity index (χ3n) is 2.44. The molecule has 14 heavy (non-hydrogen) atoms. The van der Waals surface area contributed by atoms with Gasteiger partial charge in [-0.05, 0) is 30.7 Å². The highest BCUT2D eigenvalue weighted by Crippen LogP contribution is 2.20. The molecule has 1 heterocycles. The third-order valence-corrected chi connectivity index (χ3v) is 2.97. The highest BCUT2D eigenvalue weighted by molar-refractivity contribution is 9.10. The molecule has 0 bridgehead atoms. The average Bonchev–Trinajstić information content (AvgIpc) is 2.19. The van der Waals surface area contributed by atoms with Gasteiger partial charge in [-0.1, -0.05) is 15.9 Å². The van der Waals surface area contributed by atoms with Crippen molar-refractivity contribution in [2.75, 3.05) is 18.0 Å². The molecule has 0 aromatic heterocycles. The normalized spacial score (nSPS) is 17.2. The molecule has 0 radical (unpaired) electrons. The van der Waals surface area contributed by atoms with E-state index in [0.717, 1.165) is 29.5 Å². The number of hydrogen-bond donors (Lipinski definition) is 0. The Morgan fingerprint density at radius 2 is 1.93 bits per heavy atom. The fourth-order valence-electron chi connectivity index (χ4n) is 1.71. The summed E-state index contributed by atoms with van der Waals surface area (Å²) in [5.74, 6) is 0.346. The van der Waals surface area contributed by atoms with Crippen LogP contribution >= 0.6 is 15.9 Å². The number of hydrogen-bond acceptors (Lipinski definition) is 2. The lowest BCUT2D eigenvalue weighted by Crippen LogP contribution is -2.35. The van der Waals surface area contributed by atoms with Crippen LogP contribution in [0.4, 0.5) is 5.69 Å². The van der Waals surface area contributed by atoms with Crippen molar-refractivity contribution in [2.45, 2.75) is 12.8 Å². The summed E-state index contributed by atoms with van der Waals surface area (Å²) in [5.41, 5.74) is 1.14. The summed E-state index contributed by atoms with van der Waals surface area (Å²) in [6, 6.07) is 8.11. The van der Waals surface area contributed by atoms with Gasteiger partial charge in [-0.2, -0.15) is 0 Å². The molecule has 1 fully saturated rings. The molecule has 2 nitrogen and oxygen atoms in total. The van der Waals surface area contributed by atoms with Crippen LogP contribution in [-0.2, 0) is 4.79 Å². The minimum atomic E-state index is 0.346. The van der Waals surface area contributed by atoms with Gasteiger partial charge in [0.05, 0.1) is 6.54 Å². The Hall–Kier alpha value is -0.830. The van der Waals surface area contributed by atoms with E-state index in [4.69, 9.17) is 0 Å². The number of ketones is 1. The Balaban J connectivity index is 2.14. The van der Waals surface area contributed by atoms with E-state index < -0.39 is 0 Å². The fraction of sp³-hybridized carbons (Fsp3) is 0.364. The standard InChI is InChI=1S/C11H12BrNO/c12-9-3-5-10(6-4-9)13-7-1-2-11(14)8-13/h3-6H,1-2,7-8H2. The van der Waals surface area contributed by atoms with E-state index >= 15 is 0 Å². The number of carbonyl (C=O) groups is 1. The number of benzene rings is 1. The Morgan fingerprint density at radius 1 is 1.21 bits per heavy atom. The van der Waals surface area contributed by atoms with Crippen molar-refractivity contribution < 1.29 is 4.79 Å². The lowest BCUT2D eigenvalue weighted by molar-refractivity contribution is -0.118. The lowest BCUT2D eigenvalue weighted by Gasteiger charge is -2.27. The monoisotopic (exact) mass is 253 g/mol. The first-order valence-electron chi connectivity index (χ1n) is 4.78. The van der Waals surface area contributed by atoms with Gasteiger partial charge in [0.2, 0.25) is 0 Å². The zero-order valence-corrected chi connectivity index (χ0v) is 9.46. The van der Waals surface area contributed by atoms with Crippen molar-refractivity contribution in [3.63, 3.8) is 0 Å². The maximum absolute atomic E-state index is 11.3. The van der Waals surface area contributed by atoms with Crippen LogP contribution in [-0.4, -0.2) is 18.9 Å². The van der Waals surface area contributed by atoms with Crippen LogP contribution in [0.2, 0.25) is 0 Å². The molecule has 0 unspecified atom stereocenters. The van der Waals surface area contributed by atoms with Gasteiger partial charge in [-0.25, -0.2) is 0 Å². The maximum atomic E-state index is 11.3. The minimum absolute atomic E-state index is 0.346. The van der Waals surface area contributed by atoms with E-state index in [-0.39, 0.29) is 0 Å². The topological polar surface area (TPSA) is 20.3 Å². The Kier molecular flexibility index (Phi) is 2.87. The maximum Gasteiger partial charge on any atom is 0.152 e. The van der Waals surface area contributed by atoms with Crippen LogP contribution in [0.25, 0.3) is 0 Å². The number of nitrogens with zero attached hydrogens (tertiary/aromatic N) is 1. The van der Waals surface area contributed by atoms with Crippen LogP contribution in [0.3, 0.4) is 0 Å². The summed E-state index contributed by atoms with van der Waals surface area (Å²) < 4.78 is 1.07. The Morgan fingerprint density at radius 3 is 2.57 bits per heavy atom. The Bertz CT molecular complexity index is 334. The van der Waals surface area contributed by atoms with Gasteiger partial charge in [0.1, 0.15) is 0 Å². The number of anilines is 1. The molecule has 0 aliphatic carbocycles. The van der Waals surface area contributed by atoms with E-state index in [1.54, 1.807) is 0 Å². The second-order valence-corrected chi connectivity index (χ2v) is 4.46. The van der Waals surface area contributed by atoms with E-state index in [2.05, 4.69) is 20.8 Å². The zero-order chi connectivity index (χ0) is 9.97. The second-order valence-electron chi connectivity index (χ2n) is 3.54. The number of carbonyl (C=O) groups excluding carboxylic acids is 1. The molecule has 74 valence electrons. The molecule has 1 saturated heterocycles. The number of halogens is 1. The van der Waals surface area contributed by atoms with Gasteiger partial charge in [0.15, 0.2) is 5.78 Å². The molecule has 1 aromatic carbocycles. The van der Waals surface area contributed by atoms with Gasteiger partial charge >= 0.3 is 0 Å². The summed E-state index contributed by atoms with van der Waals surface area (Å²) in [5, 5.41) is 0. The molecular formula is C11H12BrNO. The highest BCUT2D eigenvalue weighted by Gasteiger charge is 2.16. The van der Waals surface area contributed by atoms with Gasteiger partial charge in [-0.3, -0.25) is 4.79 Å². The Labute approximate surface area is 92.0 Å². The first-order valence-corrected chi connectivity index (χ1v) is 5.57. The first-order chi connectivity index (χ1) is 6.75. The predicted octanol–water partition coefficient (Wildman–Crippen LogP) is 2.62. The molecular weight excluding hydrogens is 242 g/mol. The van der Waals surface area contributed by atoms with Crippen LogP contribution in [0.5, 0.6) is 0 Å². The van der Waals surface area contributed by atoms with Gasteiger partial charge in [0, 0.05) is 23.1 Å². The molecule has 3 heteroatoms. The van der Waals surface area contributed by atoms with Crippen molar-refractivity contribution >= 4 is 27.4 Å². The van der Waals surface area contributed by atoms with Crippen LogP contribution in [0.15, 0.2) is 28.7 Å².